The molecule has 0 rings (SSSR count). The van der Waals surface area contributed by atoms with Crippen LogP contribution in [0.15, 0.2) is 4.99 Å². The maximum Gasteiger partial charge on any atom is 0.307 e. The summed E-state index contributed by atoms with van der Waals surface area (Å²) in [6.45, 7) is 14.7. The molecule has 0 heterocycles. The first-order valence-corrected chi connectivity index (χ1v) is 8.73. The van der Waals surface area contributed by atoms with Gasteiger partial charge in [-0.25, -0.2) is 0 Å². The molecule has 0 spiro atoms. The van der Waals surface area contributed by atoms with Crippen LogP contribution >= 0.6 is 0 Å². The van der Waals surface area contributed by atoms with E-state index in [1.165, 1.54) is 0 Å². The van der Waals surface area contributed by atoms with Gasteiger partial charge in [-0.1, -0.05) is 13.8 Å². The standard InChI is InChI=1S/C17H35N3O3/c1-7-18-17(20-12-10-16(21)23-14(5)6)19-11-9-15(13(3)4)22-8-2/h13-15H,7-12H2,1-6H3,(H2,18,19,20). The van der Waals surface area contributed by atoms with Crippen molar-refractivity contribution in [3.05, 3.63) is 0 Å². The molecule has 0 amide bonds. The van der Waals surface area contributed by atoms with Crippen molar-refractivity contribution in [2.24, 2.45) is 10.9 Å². The summed E-state index contributed by atoms with van der Waals surface area (Å²) < 4.78 is 10.8. The zero-order valence-corrected chi connectivity index (χ0v) is 15.6. The van der Waals surface area contributed by atoms with Gasteiger partial charge in [0.2, 0.25) is 0 Å². The summed E-state index contributed by atoms with van der Waals surface area (Å²) in [7, 11) is 0. The molecule has 6 nitrogen and oxygen atoms in total. The van der Waals surface area contributed by atoms with Crippen LogP contribution in [0.1, 0.15) is 54.4 Å². The number of carbonyl (C=O) groups excluding carboxylic acids is 1. The van der Waals surface area contributed by atoms with Gasteiger partial charge in [0.05, 0.1) is 18.6 Å². The van der Waals surface area contributed by atoms with Gasteiger partial charge in [-0.15, -0.1) is 0 Å². The average molecular weight is 329 g/mol. The van der Waals surface area contributed by atoms with E-state index in [4.69, 9.17) is 9.47 Å². The van der Waals surface area contributed by atoms with Crippen molar-refractivity contribution >= 4 is 11.9 Å². The minimum absolute atomic E-state index is 0.0732. The molecule has 0 aliphatic heterocycles. The van der Waals surface area contributed by atoms with Gasteiger partial charge in [0, 0.05) is 26.2 Å². The van der Waals surface area contributed by atoms with Crippen LogP contribution in [0.25, 0.3) is 0 Å². The van der Waals surface area contributed by atoms with Gasteiger partial charge >= 0.3 is 5.97 Å². The van der Waals surface area contributed by atoms with E-state index in [0.717, 1.165) is 25.5 Å². The highest BCUT2D eigenvalue weighted by atomic mass is 16.5. The van der Waals surface area contributed by atoms with E-state index in [1.54, 1.807) is 0 Å². The molecule has 1 atom stereocenters. The number of carbonyl (C=O) groups is 1. The van der Waals surface area contributed by atoms with Crippen molar-refractivity contribution < 1.29 is 14.3 Å². The Morgan fingerprint density at radius 3 is 2.35 bits per heavy atom. The lowest BCUT2D eigenvalue weighted by atomic mass is 10.0. The van der Waals surface area contributed by atoms with Gasteiger partial charge in [0.1, 0.15) is 0 Å². The number of aliphatic imine (C=N–C) groups is 1. The van der Waals surface area contributed by atoms with Gasteiger partial charge in [0.15, 0.2) is 5.96 Å². The van der Waals surface area contributed by atoms with E-state index in [-0.39, 0.29) is 18.2 Å². The number of esters is 1. The molecular weight excluding hydrogens is 294 g/mol. The number of guanidine groups is 1. The van der Waals surface area contributed by atoms with Crippen LogP contribution in [0.5, 0.6) is 0 Å². The number of nitrogens with one attached hydrogen (secondary N) is 2. The topological polar surface area (TPSA) is 72.0 Å². The molecule has 0 aromatic carbocycles. The Labute approximate surface area is 141 Å². The largest absolute Gasteiger partial charge is 0.463 e. The minimum atomic E-state index is -0.195. The number of nitrogens with zero attached hydrogens (tertiary/aromatic N) is 1. The Morgan fingerprint density at radius 1 is 1.13 bits per heavy atom. The first-order chi connectivity index (χ1) is 10.9. The monoisotopic (exact) mass is 329 g/mol. The van der Waals surface area contributed by atoms with E-state index in [0.29, 0.717) is 25.4 Å². The molecule has 0 aromatic heterocycles. The smallest absolute Gasteiger partial charge is 0.307 e. The lowest BCUT2D eigenvalue weighted by Gasteiger charge is -2.20. The third-order valence-electron chi connectivity index (χ3n) is 3.14. The van der Waals surface area contributed by atoms with Crippen molar-refractivity contribution in [2.75, 3.05) is 26.2 Å². The summed E-state index contributed by atoms with van der Waals surface area (Å²) in [5, 5.41) is 6.34. The Morgan fingerprint density at radius 2 is 1.83 bits per heavy atom. The third-order valence-corrected chi connectivity index (χ3v) is 3.14. The van der Waals surface area contributed by atoms with Crippen molar-refractivity contribution in [2.45, 2.75) is 66.6 Å². The number of ether oxygens (including phenoxy) is 2. The molecule has 0 fully saturated rings. The summed E-state index contributed by atoms with van der Waals surface area (Å²) in [4.78, 5) is 16.0. The summed E-state index contributed by atoms with van der Waals surface area (Å²) >= 11 is 0. The summed E-state index contributed by atoms with van der Waals surface area (Å²) in [5.74, 6) is 1.01. The van der Waals surface area contributed by atoms with E-state index < -0.39 is 0 Å². The predicted molar refractivity (Wildman–Crippen MR) is 94.7 cm³/mol. The van der Waals surface area contributed by atoms with E-state index in [1.807, 2.05) is 27.7 Å². The van der Waals surface area contributed by atoms with Crippen molar-refractivity contribution in [3.8, 4) is 0 Å². The predicted octanol–water partition coefficient (Wildman–Crippen LogP) is 2.33. The first kappa shape index (κ1) is 21.7. The van der Waals surface area contributed by atoms with Gasteiger partial charge in [0.25, 0.3) is 0 Å². The molecule has 0 radical (unpaired) electrons. The molecule has 2 N–H and O–H groups in total. The molecule has 0 saturated carbocycles. The van der Waals surface area contributed by atoms with Crippen molar-refractivity contribution in [3.63, 3.8) is 0 Å². The van der Waals surface area contributed by atoms with E-state index in [2.05, 4.69) is 29.5 Å². The Hall–Kier alpha value is -1.30. The van der Waals surface area contributed by atoms with Crippen LogP contribution in [0, 0.1) is 5.92 Å². The maximum atomic E-state index is 11.5. The molecule has 0 bridgehead atoms. The number of rotatable bonds is 11. The van der Waals surface area contributed by atoms with Crippen LogP contribution in [-0.4, -0.2) is 50.4 Å². The van der Waals surface area contributed by atoms with E-state index >= 15 is 0 Å². The molecule has 0 aromatic rings. The fraction of sp³-hybridized carbons (Fsp3) is 0.882. The summed E-state index contributed by atoms with van der Waals surface area (Å²) in [5.41, 5.74) is 0. The third kappa shape index (κ3) is 11.9. The molecule has 0 aliphatic rings. The van der Waals surface area contributed by atoms with Crippen molar-refractivity contribution in [1.82, 2.24) is 10.6 Å². The van der Waals surface area contributed by atoms with Crippen LogP contribution < -0.4 is 10.6 Å². The van der Waals surface area contributed by atoms with Gasteiger partial charge in [-0.3, -0.25) is 9.79 Å². The molecular formula is C17H35N3O3. The fourth-order valence-corrected chi connectivity index (χ4v) is 2.07. The van der Waals surface area contributed by atoms with E-state index in [9.17, 15) is 4.79 Å². The lowest BCUT2D eigenvalue weighted by Crippen LogP contribution is -2.38. The first-order valence-electron chi connectivity index (χ1n) is 8.73. The van der Waals surface area contributed by atoms with Crippen molar-refractivity contribution in [1.29, 1.82) is 0 Å². The highest BCUT2D eigenvalue weighted by Crippen LogP contribution is 2.10. The highest BCUT2D eigenvalue weighted by Gasteiger charge is 2.12. The summed E-state index contributed by atoms with van der Waals surface area (Å²) in [6.07, 6.45) is 1.37. The van der Waals surface area contributed by atoms with Gasteiger partial charge in [-0.2, -0.15) is 0 Å². The van der Waals surface area contributed by atoms with Crippen LogP contribution in [0.3, 0.4) is 0 Å². The van der Waals surface area contributed by atoms with Crippen LogP contribution in [0.4, 0.5) is 0 Å². The number of hydrogen-bond acceptors (Lipinski definition) is 4. The average Bonchev–Trinajstić information content (AvgIpc) is 2.45. The maximum absolute atomic E-state index is 11.5. The summed E-state index contributed by atoms with van der Waals surface area (Å²) in [6, 6.07) is 0. The number of hydrogen-bond donors (Lipinski definition) is 2. The molecule has 136 valence electrons. The Balaban J connectivity index is 4.24. The SMILES string of the molecule is CCNC(=NCCC(OCC)C(C)C)NCCC(=O)OC(C)C. The Kier molecular flexibility index (Phi) is 12.4. The molecule has 0 aliphatic carbocycles. The highest BCUT2D eigenvalue weighted by molar-refractivity contribution is 5.80. The van der Waals surface area contributed by atoms with Crippen LogP contribution in [-0.2, 0) is 14.3 Å². The van der Waals surface area contributed by atoms with Crippen LogP contribution in [0.2, 0.25) is 0 Å². The van der Waals surface area contributed by atoms with Gasteiger partial charge in [-0.05, 0) is 40.0 Å². The minimum Gasteiger partial charge on any atom is -0.463 e. The Bertz CT molecular complexity index is 344. The quantitative estimate of drug-likeness (QED) is 0.346. The molecule has 1 unspecified atom stereocenters. The van der Waals surface area contributed by atoms with Gasteiger partial charge < -0.3 is 20.1 Å². The fourth-order valence-electron chi connectivity index (χ4n) is 2.07. The second-order valence-corrected chi connectivity index (χ2v) is 6.00. The molecule has 6 heteroatoms. The molecule has 23 heavy (non-hydrogen) atoms. The second kappa shape index (κ2) is 13.2. The normalized spacial score (nSPS) is 13.3. The second-order valence-electron chi connectivity index (χ2n) is 6.00. The zero-order chi connectivity index (χ0) is 17.7. The molecule has 0 saturated heterocycles. The zero-order valence-electron chi connectivity index (χ0n) is 15.6. The lowest BCUT2D eigenvalue weighted by molar-refractivity contribution is -0.147.